The van der Waals surface area contributed by atoms with E-state index in [9.17, 15) is 0 Å². The van der Waals surface area contributed by atoms with Gasteiger partial charge < -0.3 is 9.40 Å². The lowest BCUT2D eigenvalue weighted by molar-refractivity contribution is 0.466. The highest BCUT2D eigenvalue weighted by atomic mass is 35.5. The van der Waals surface area contributed by atoms with Crippen LogP contribution in [-0.4, -0.2) is 15.2 Å². The molecule has 0 atom stereocenters. The molecule has 0 saturated heterocycles. The van der Waals surface area contributed by atoms with Gasteiger partial charge in [-0.25, -0.2) is 0 Å². The molecule has 114 valence electrons. The van der Waals surface area contributed by atoms with E-state index in [-0.39, 0.29) is 0 Å². The molecule has 0 unspecified atom stereocenters. The minimum absolute atomic E-state index is 0.524. The van der Waals surface area contributed by atoms with Crippen molar-refractivity contribution in [2.24, 2.45) is 0 Å². The van der Waals surface area contributed by atoms with Crippen LogP contribution in [0.15, 0.2) is 64.4 Å². The highest BCUT2D eigenvalue weighted by Gasteiger charge is 2.13. The second-order valence-electron chi connectivity index (χ2n) is 5.04. The number of aromatic amines is 1. The fourth-order valence-electron chi connectivity index (χ4n) is 2.40. The third-order valence-electron chi connectivity index (χ3n) is 3.48. The molecule has 6 heteroatoms. The van der Waals surface area contributed by atoms with E-state index in [4.69, 9.17) is 16.0 Å². The SMILES string of the molecule is Clc1cccc(CSc2nnc(-c3c[nH]c4ccccc34)o2)c1. The largest absolute Gasteiger partial charge is 0.411 e. The highest BCUT2D eigenvalue weighted by molar-refractivity contribution is 7.98. The van der Waals surface area contributed by atoms with Gasteiger partial charge in [-0.3, -0.25) is 0 Å². The molecule has 0 aliphatic carbocycles. The number of nitrogens with zero attached hydrogens (tertiary/aromatic N) is 2. The summed E-state index contributed by atoms with van der Waals surface area (Å²) in [6.45, 7) is 0. The molecular formula is C17H12ClN3OS. The van der Waals surface area contributed by atoms with Gasteiger partial charge in [0, 0.05) is 27.9 Å². The molecule has 0 amide bonds. The molecule has 23 heavy (non-hydrogen) atoms. The maximum Gasteiger partial charge on any atom is 0.277 e. The number of para-hydroxylation sites is 1. The number of nitrogens with one attached hydrogen (secondary N) is 1. The number of hydrogen-bond donors (Lipinski definition) is 1. The van der Waals surface area contributed by atoms with E-state index in [1.165, 1.54) is 11.8 Å². The van der Waals surface area contributed by atoms with Crippen LogP contribution in [0.5, 0.6) is 0 Å². The molecule has 0 radical (unpaired) electrons. The highest BCUT2D eigenvalue weighted by Crippen LogP contribution is 2.30. The lowest BCUT2D eigenvalue weighted by atomic mass is 10.2. The fraction of sp³-hybridized carbons (Fsp3) is 0.0588. The van der Waals surface area contributed by atoms with Gasteiger partial charge in [0.05, 0.1) is 5.56 Å². The summed E-state index contributed by atoms with van der Waals surface area (Å²) in [5.74, 6) is 1.26. The minimum Gasteiger partial charge on any atom is -0.411 e. The molecule has 0 saturated carbocycles. The third-order valence-corrected chi connectivity index (χ3v) is 4.60. The van der Waals surface area contributed by atoms with Crippen LogP contribution < -0.4 is 0 Å². The first-order chi connectivity index (χ1) is 11.3. The Balaban J connectivity index is 1.55. The Morgan fingerprint density at radius 3 is 2.91 bits per heavy atom. The van der Waals surface area contributed by atoms with Crippen LogP contribution in [0.2, 0.25) is 5.02 Å². The van der Waals surface area contributed by atoms with E-state index in [1.807, 2.05) is 54.7 Å². The quantitative estimate of drug-likeness (QED) is 0.521. The standard InChI is InChI=1S/C17H12ClN3OS/c18-12-5-3-4-11(8-12)10-23-17-21-20-16(22-17)14-9-19-15-7-2-1-6-13(14)15/h1-9,19H,10H2. The Kier molecular flexibility index (Phi) is 3.81. The summed E-state index contributed by atoms with van der Waals surface area (Å²) in [5.41, 5.74) is 3.09. The fourth-order valence-corrected chi connectivity index (χ4v) is 3.32. The average Bonchev–Trinajstić information content (AvgIpc) is 3.19. The Bertz CT molecular complexity index is 963. The summed E-state index contributed by atoms with van der Waals surface area (Å²) >= 11 is 7.49. The number of H-pyrrole nitrogens is 1. The maximum atomic E-state index is 5.99. The van der Waals surface area contributed by atoms with Gasteiger partial charge >= 0.3 is 0 Å². The maximum absolute atomic E-state index is 5.99. The van der Waals surface area contributed by atoms with Gasteiger partial charge in [0.1, 0.15) is 0 Å². The molecule has 0 aliphatic heterocycles. The average molecular weight is 342 g/mol. The zero-order valence-electron chi connectivity index (χ0n) is 12.0. The van der Waals surface area contributed by atoms with Crippen LogP contribution in [0.3, 0.4) is 0 Å². The summed E-state index contributed by atoms with van der Waals surface area (Å²) in [7, 11) is 0. The predicted octanol–water partition coefficient (Wildman–Crippen LogP) is 5.16. The van der Waals surface area contributed by atoms with Crippen molar-refractivity contribution >= 4 is 34.3 Å². The normalized spacial score (nSPS) is 11.2. The number of aromatic nitrogens is 3. The van der Waals surface area contributed by atoms with E-state index < -0.39 is 0 Å². The molecule has 1 N–H and O–H groups in total. The Hall–Kier alpha value is -2.24. The second kappa shape index (κ2) is 6.10. The number of halogens is 1. The van der Waals surface area contributed by atoms with Crippen LogP contribution in [0.1, 0.15) is 5.56 Å². The van der Waals surface area contributed by atoms with Gasteiger partial charge in [0.2, 0.25) is 0 Å². The van der Waals surface area contributed by atoms with Crippen molar-refractivity contribution in [2.75, 3.05) is 0 Å². The summed E-state index contributed by atoms with van der Waals surface area (Å²) in [5, 5.41) is 10.6. The molecule has 4 nitrogen and oxygen atoms in total. The predicted molar refractivity (Wildman–Crippen MR) is 92.6 cm³/mol. The Labute approximate surface area is 141 Å². The van der Waals surface area contributed by atoms with Gasteiger partial charge in [-0.1, -0.05) is 53.7 Å². The summed E-state index contributed by atoms with van der Waals surface area (Å²) in [6.07, 6.45) is 1.89. The monoisotopic (exact) mass is 341 g/mol. The number of hydrogen-bond acceptors (Lipinski definition) is 4. The first kappa shape index (κ1) is 14.4. The molecule has 0 spiro atoms. The van der Waals surface area contributed by atoms with E-state index in [0.717, 1.165) is 32.8 Å². The zero-order valence-corrected chi connectivity index (χ0v) is 13.6. The van der Waals surface area contributed by atoms with Crippen molar-refractivity contribution < 1.29 is 4.42 Å². The first-order valence-electron chi connectivity index (χ1n) is 7.07. The number of thioether (sulfide) groups is 1. The van der Waals surface area contributed by atoms with Crippen molar-refractivity contribution in [2.45, 2.75) is 11.0 Å². The van der Waals surface area contributed by atoms with E-state index in [0.29, 0.717) is 11.1 Å². The number of fused-ring (bicyclic) bond motifs is 1. The van der Waals surface area contributed by atoms with Gasteiger partial charge in [-0.15, -0.1) is 10.2 Å². The van der Waals surface area contributed by atoms with Crippen LogP contribution in [-0.2, 0) is 5.75 Å². The third kappa shape index (κ3) is 2.98. The molecule has 2 aromatic heterocycles. The first-order valence-corrected chi connectivity index (χ1v) is 8.43. The lowest BCUT2D eigenvalue weighted by Gasteiger charge is -1.98. The lowest BCUT2D eigenvalue weighted by Crippen LogP contribution is -1.80. The van der Waals surface area contributed by atoms with Gasteiger partial charge in [0.25, 0.3) is 11.1 Å². The van der Waals surface area contributed by atoms with E-state index in [2.05, 4.69) is 15.2 Å². The molecular weight excluding hydrogens is 330 g/mol. The number of rotatable bonds is 4. The van der Waals surface area contributed by atoms with Crippen molar-refractivity contribution in [1.29, 1.82) is 0 Å². The van der Waals surface area contributed by atoms with Crippen molar-refractivity contribution in [3.05, 3.63) is 65.3 Å². The second-order valence-corrected chi connectivity index (χ2v) is 6.40. The summed E-state index contributed by atoms with van der Waals surface area (Å²) < 4.78 is 5.78. The van der Waals surface area contributed by atoms with Crippen LogP contribution in [0.25, 0.3) is 22.4 Å². The molecule has 2 aromatic carbocycles. The molecule has 0 fully saturated rings. The topological polar surface area (TPSA) is 54.7 Å². The van der Waals surface area contributed by atoms with Crippen molar-refractivity contribution in [3.63, 3.8) is 0 Å². The van der Waals surface area contributed by atoms with Crippen LogP contribution in [0.4, 0.5) is 0 Å². The van der Waals surface area contributed by atoms with E-state index >= 15 is 0 Å². The minimum atomic E-state index is 0.524. The molecule has 0 aliphatic rings. The van der Waals surface area contributed by atoms with Crippen molar-refractivity contribution in [3.8, 4) is 11.5 Å². The van der Waals surface area contributed by atoms with Gasteiger partial charge in [-0.05, 0) is 23.8 Å². The van der Waals surface area contributed by atoms with Gasteiger partial charge in [0.15, 0.2) is 0 Å². The van der Waals surface area contributed by atoms with Crippen LogP contribution in [0, 0.1) is 0 Å². The van der Waals surface area contributed by atoms with Crippen LogP contribution >= 0.6 is 23.4 Å². The molecule has 4 rings (SSSR count). The molecule has 0 bridgehead atoms. The summed E-state index contributed by atoms with van der Waals surface area (Å²) in [6, 6.07) is 15.8. The summed E-state index contributed by atoms with van der Waals surface area (Å²) in [4.78, 5) is 3.21. The molecule has 4 aromatic rings. The van der Waals surface area contributed by atoms with Crippen molar-refractivity contribution in [1.82, 2.24) is 15.2 Å². The molecule has 2 heterocycles. The number of benzene rings is 2. The van der Waals surface area contributed by atoms with Gasteiger partial charge in [-0.2, -0.15) is 0 Å². The Morgan fingerprint density at radius 2 is 2.00 bits per heavy atom. The Morgan fingerprint density at radius 1 is 1.09 bits per heavy atom. The zero-order chi connectivity index (χ0) is 15.6. The smallest absolute Gasteiger partial charge is 0.277 e. The van der Waals surface area contributed by atoms with E-state index in [1.54, 1.807) is 0 Å².